The van der Waals surface area contributed by atoms with Crippen molar-refractivity contribution in [2.75, 3.05) is 40.6 Å². The molecular formula is C16H27NO3. The van der Waals surface area contributed by atoms with Gasteiger partial charge in [-0.2, -0.15) is 0 Å². The Hall–Kier alpha value is -1.10. The molecule has 4 nitrogen and oxygen atoms in total. The highest BCUT2D eigenvalue weighted by atomic mass is 16.5. The molecule has 114 valence electrons. The molecule has 0 saturated carbocycles. The summed E-state index contributed by atoms with van der Waals surface area (Å²) in [7, 11) is 3.40. The second kappa shape index (κ2) is 9.75. The fourth-order valence-corrected chi connectivity index (χ4v) is 2.06. The predicted octanol–water partition coefficient (Wildman–Crippen LogP) is 2.44. The summed E-state index contributed by atoms with van der Waals surface area (Å²) < 4.78 is 15.9. The lowest BCUT2D eigenvalue weighted by atomic mass is 9.93. The van der Waals surface area contributed by atoms with Gasteiger partial charge in [-0.3, -0.25) is 0 Å². The van der Waals surface area contributed by atoms with Crippen LogP contribution in [0.1, 0.15) is 25.3 Å². The Labute approximate surface area is 122 Å². The monoisotopic (exact) mass is 281 g/mol. The molecule has 0 aliphatic carbocycles. The van der Waals surface area contributed by atoms with E-state index in [0.717, 1.165) is 18.9 Å². The van der Waals surface area contributed by atoms with Crippen LogP contribution in [0, 0.1) is 0 Å². The molecule has 0 radical (unpaired) electrons. The van der Waals surface area contributed by atoms with Crippen LogP contribution in [0.5, 0.6) is 5.75 Å². The number of methoxy groups -OCH3 is 2. The van der Waals surface area contributed by atoms with Gasteiger partial charge in [-0.15, -0.1) is 0 Å². The topological polar surface area (TPSA) is 39.7 Å². The number of rotatable bonds is 10. The van der Waals surface area contributed by atoms with E-state index in [4.69, 9.17) is 14.2 Å². The molecule has 4 heteroatoms. The minimum absolute atomic E-state index is 0.359. The van der Waals surface area contributed by atoms with Crippen molar-refractivity contribution in [3.63, 3.8) is 0 Å². The van der Waals surface area contributed by atoms with E-state index in [1.54, 1.807) is 14.2 Å². The molecular weight excluding hydrogens is 254 g/mol. The zero-order valence-corrected chi connectivity index (χ0v) is 13.0. The highest BCUT2D eigenvalue weighted by molar-refractivity contribution is 5.36. The van der Waals surface area contributed by atoms with Crippen molar-refractivity contribution in [2.45, 2.75) is 25.8 Å². The van der Waals surface area contributed by atoms with E-state index in [1.165, 1.54) is 5.56 Å². The van der Waals surface area contributed by atoms with Crippen LogP contribution in [0.2, 0.25) is 0 Å². The van der Waals surface area contributed by atoms with E-state index < -0.39 is 0 Å². The van der Waals surface area contributed by atoms with Gasteiger partial charge in [0.05, 0.1) is 13.2 Å². The van der Waals surface area contributed by atoms with Crippen LogP contribution in [-0.4, -0.2) is 46.6 Å². The molecule has 1 rings (SSSR count). The van der Waals surface area contributed by atoms with Crippen LogP contribution in [0.4, 0.5) is 0 Å². The normalized spacial score (nSPS) is 14.0. The van der Waals surface area contributed by atoms with Gasteiger partial charge in [-0.1, -0.05) is 25.1 Å². The van der Waals surface area contributed by atoms with Gasteiger partial charge in [0.15, 0.2) is 0 Å². The largest absolute Gasteiger partial charge is 0.491 e. The van der Waals surface area contributed by atoms with Crippen LogP contribution in [0.15, 0.2) is 24.3 Å². The average molecular weight is 281 g/mol. The maximum atomic E-state index is 5.80. The molecule has 0 spiro atoms. The second-order valence-corrected chi connectivity index (χ2v) is 4.90. The number of ether oxygens (including phenoxy) is 3. The first kappa shape index (κ1) is 17.0. The van der Waals surface area contributed by atoms with Gasteiger partial charge >= 0.3 is 0 Å². The predicted molar refractivity (Wildman–Crippen MR) is 81.6 cm³/mol. The highest BCUT2D eigenvalue weighted by Gasteiger charge is 2.17. The zero-order valence-electron chi connectivity index (χ0n) is 13.0. The van der Waals surface area contributed by atoms with Gasteiger partial charge in [0.25, 0.3) is 0 Å². The Morgan fingerprint density at radius 2 is 1.70 bits per heavy atom. The minimum Gasteiger partial charge on any atom is -0.491 e. The summed E-state index contributed by atoms with van der Waals surface area (Å²) in [6, 6.07) is 8.56. The summed E-state index contributed by atoms with van der Waals surface area (Å²) in [6.07, 6.45) is 0. The molecule has 0 fully saturated rings. The van der Waals surface area contributed by atoms with Crippen molar-refractivity contribution in [3.8, 4) is 5.75 Å². The summed E-state index contributed by atoms with van der Waals surface area (Å²) >= 11 is 0. The summed E-state index contributed by atoms with van der Waals surface area (Å²) in [4.78, 5) is 0. The molecule has 0 heterocycles. The van der Waals surface area contributed by atoms with Gasteiger partial charge < -0.3 is 19.5 Å². The van der Waals surface area contributed by atoms with E-state index in [1.807, 2.05) is 12.1 Å². The Bertz CT molecular complexity index is 370. The van der Waals surface area contributed by atoms with Crippen molar-refractivity contribution in [2.24, 2.45) is 0 Å². The van der Waals surface area contributed by atoms with Gasteiger partial charge in [0, 0.05) is 26.8 Å². The third-order valence-corrected chi connectivity index (χ3v) is 3.48. The molecule has 0 aliphatic rings. The highest BCUT2D eigenvalue weighted by Crippen LogP contribution is 2.28. The molecule has 2 atom stereocenters. The number of benzene rings is 1. The van der Waals surface area contributed by atoms with Crippen molar-refractivity contribution in [1.29, 1.82) is 0 Å². The van der Waals surface area contributed by atoms with Crippen molar-refractivity contribution in [3.05, 3.63) is 29.8 Å². The molecule has 0 bridgehead atoms. The molecule has 0 aromatic heterocycles. The fourth-order valence-electron chi connectivity index (χ4n) is 2.06. The summed E-state index contributed by atoms with van der Waals surface area (Å²) in [5, 5.41) is 3.47. The third kappa shape index (κ3) is 5.49. The van der Waals surface area contributed by atoms with Crippen LogP contribution in [0.25, 0.3) is 0 Å². The summed E-state index contributed by atoms with van der Waals surface area (Å²) in [5.41, 5.74) is 1.22. The molecule has 1 aromatic rings. The van der Waals surface area contributed by atoms with Gasteiger partial charge in [-0.05, 0) is 24.5 Å². The Morgan fingerprint density at radius 1 is 1.00 bits per heavy atom. The molecule has 0 saturated heterocycles. The van der Waals surface area contributed by atoms with Gasteiger partial charge in [0.1, 0.15) is 12.4 Å². The van der Waals surface area contributed by atoms with Crippen LogP contribution < -0.4 is 10.1 Å². The quantitative estimate of drug-likeness (QED) is 0.669. The first-order valence-corrected chi connectivity index (χ1v) is 7.13. The van der Waals surface area contributed by atoms with E-state index in [9.17, 15) is 0 Å². The Balaban J connectivity index is 2.63. The SMILES string of the molecule is COCCNC(C)C(C)c1ccccc1OCCOC. The van der Waals surface area contributed by atoms with Crippen molar-refractivity contribution < 1.29 is 14.2 Å². The molecule has 1 N–H and O–H groups in total. The van der Waals surface area contributed by atoms with Crippen molar-refractivity contribution >= 4 is 0 Å². The van der Waals surface area contributed by atoms with Crippen molar-refractivity contribution in [1.82, 2.24) is 5.32 Å². The van der Waals surface area contributed by atoms with E-state index in [2.05, 4.69) is 31.3 Å². The van der Waals surface area contributed by atoms with E-state index >= 15 is 0 Å². The number of hydrogen-bond acceptors (Lipinski definition) is 4. The summed E-state index contributed by atoms with van der Waals surface area (Å²) in [6.45, 7) is 7.16. The van der Waals surface area contributed by atoms with E-state index in [0.29, 0.717) is 25.2 Å². The molecule has 20 heavy (non-hydrogen) atoms. The first-order valence-electron chi connectivity index (χ1n) is 7.13. The fraction of sp³-hybridized carbons (Fsp3) is 0.625. The number of para-hydroxylation sites is 1. The maximum absolute atomic E-state index is 5.80. The zero-order chi connectivity index (χ0) is 14.8. The summed E-state index contributed by atoms with van der Waals surface area (Å²) in [5.74, 6) is 1.31. The third-order valence-electron chi connectivity index (χ3n) is 3.48. The second-order valence-electron chi connectivity index (χ2n) is 4.90. The number of hydrogen-bond donors (Lipinski definition) is 1. The Morgan fingerprint density at radius 3 is 2.40 bits per heavy atom. The average Bonchev–Trinajstić information content (AvgIpc) is 2.47. The van der Waals surface area contributed by atoms with E-state index in [-0.39, 0.29) is 0 Å². The van der Waals surface area contributed by atoms with Gasteiger partial charge in [0.2, 0.25) is 0 Å². The lowest BCUT2D eigenvalue weighted by molar-refractivity contribution is 0.145. The molecule has 1 aromatic carbocycles. The minimum atomic E-state index is 0.359. The van der Waals surface area contributed by atoms with Crippen LogP contribution in [-0.2, 0) is 9.47 Å². The lowest BCUT2D eigenvalue weighted by Gasteiger charge is -2.24. The van der Waals surface area contributed by atoms with Crippen LogP contribution >= 0.6 is 0 Å². The Kier molecular flexibility index (Phi) is 8.26. The maximum Gasteiger partial charge on any atom is 0.122 e. The van der Waals surface area contributed by atoms with Gasteiger partial charge in [-0.25, -0.2) is 0 Å². The standard InChI is InChI=1S/C16H27NO3/c1-13(14(2)17-9-10-18-3)15-7-5-6-8-16(15)20-12-11-19-4/h5-8,13-14,17H,9-12H2,1-4H3. The lowest BCUT2D eigenvalue weighted by Crippen LogP contribution is -2.33. The number of nitrogens with one attached hydrogen (secondary N) is 1. The molecule has 0 aliphatic heterocycles. The molecule has 2 unspecified atom stereocenters. The smallest absolute Gasteiger partial charge is 0.122 e. The molecule has 0 amide bonds. The first-order chi connectivity index (χ1) is 9.70. The van der Waals surface area contributed by atoms with Crippen LogP contribution in [0.3, 0.4) is 0 Å².